The summed E-state index contributed by atoms with van der Waals surface area (Å²) in [6.45, 7) is 6.20. The number of unbranched alkanes of at least 4 members (excludes halogenated alkanes) is 2. The lowest BCUT2D eigenvalue weighted by atomic mass is 9.97. The number of aliphatic hydroxyl groups excluding tert-OH is 1. The molecule has 0 aliphatic carbocycles. The van der Waals surface area contributed by atoms with Crippen molar-refractivity contribution < 1.29 is 5.11 Å². The lowest BCUT2D eigenvalue weighted by Gasteiger charge is -2.29. The van der Waals surface area contributed by atoms with Crippen LogP contribution in [0.5, 0.6) is 0 Å². The maximum Gasteiger partial charge on any atom is 0.134 e. The maximum atomic E-state index is 11.2. The smallest absolute Gasteiger partial charge is 0.134 e. The third kappa shape index (κ3) is 3.88. The van der Waals surface area contributed by atoms with Crippen LogP contribution in [-0.4, -0.2) is 23.1 Å². The van der Waals surface area contributed by atoms with E-state index in [1.807, 2.05) is 30.3 Å². The van der Waals surface area contributed by atoms with E-state index in [0.717, 1.165) is 70.9 Å². The predicted octanol–water partition coefficient (Wildman–Crippen LogP) is 6.54. The van der Waals surface area contributed by atoms with Gasteiger partial charge in [-0.3, -0.25) is 4.90 Å². The van der Waals surface area contributed by atoms with Crippen LogP contribution in [0.25, 0.3) is 21.5 Å². The second-order valence-corrected chi connectivity index (χ2v) is 7.37. The highest BCUT2D eigenvalue weighted by atomic mass is 35.5. The van der Waals surface area contributed by atoms with E-state index < -0.39 is 6.23 Å². The first-order valence-electron chi connectivity index (χ1n) is 9.69. The molecule has 0 radical (unpaired) electrons. The molecule has 3 heteroatoms. The fourth-order valence-corrected chi connectivity index (χ4v) is 3.88. The molecule has 1 N–H and O–H groups in total. The Hall–Kier alpha value is -1.61. The van der Waals surface area contributed by atoms with Crippen molar-refractivity contribution in [2.75, 3.05) is 13.1 Å². The van der Waals surface area contributed by atoms with Crippen LogP contribution in [0.4, 0.5) is 0 Å². The summed E-state index contributed by atoms with van der Waals surface area (Å²) >= 11 is 6.56. The minimum Gasteiger partial charge on any atom is -0.374 e. The van der Waals surface area contributed by atoms with Crippen LogP contribution >= 0.6 is 11.6 Å². The summed E-state index contributed by atoms with van der Waals surface area (Å²) in [6, 6.07) is 16.4. The zero-order valence-corrected chi connectivity index (χ0v) is 16.5. The second-order valence-electron chi connectivity index (χ2n) is 6.96. The zero-order chi connectivity index (χ0) is 18.5. The number of hydrogen-bond donors (Lipinski definition) is 1. The van der Waals surface area contributed by atoms with E-state index in [-0.39, 0.29) is 0 Å². The topological polar surface area (TPSA) is 23.5 Å². The molecule has 1 atom stereocenters. The molecule has 138 valence electrons. The van der Waals surface area contributed by atoms with E-state index in [0.29, 0.717) is 0 Å². The average Bonchev–Trinajstić information content (AvgIpc) is 2.67. The first-order chi connectivity index (χ1) is 12.7. The van der Waals surface area contributed by atoms with Crippen LogP contribution < -0.4 is 0 Å². The molecule has 0 aliphatic heterocycles. The van der Waals surface area contributed by atoms with Gasteiger partial charge in [0.2, 0.25) is 0 Å². The maximum absolute atomic E-state index is 11.2. The molecule has 0 heterocycles. The number of hydrogen-bond acceptors (Lipinski definition) is 2. The lowest BCUT2D eigenvalue weighted by molar-refractivity contribution is 0.00102. The van der Waals surface area contributed by atoms with Crippen molar-refractivity contribution in [2.24, 2.45) is 0 Å². The zero-order valence-electron chi connectivity index (χ0n) is 15.7. The molecule has 0 amide bonds. The molecule has 26 heavy (non-hydrogen) atoms. The van der Waals surface area contributed by atoms with E-state index in [2.05, 4.69) is 36.9 Å². The van der Waals surface area contributed by atoms with Gasteiger partial charge in [-0.05, 0) is 35.1 Å². The van der Waals surface area contributed by atoms with E-state index >= 15 is 0 Å². The van der Waals surface area contributed by atoms with Gasteiger partial charge >= 0.3 is 0 Å². The minimum absolute atomic E-state index is 0.603. The molecule has 3 aromatic carbocycles. The first-order valence-corrected chi connectivity index (χ1v) is 10.1. The van der Waals surface area contributed by atoms with Gasteiger partial charge in [0, 0.05) is 29.1 Å². The molecule has 3 rings (SSSR count). The number of benzene rings is 3. The van der Waals surface area contributed by atoms with E-state index in [1.54, 1.807) is 0 Å². The van der Waals surface area contributed by atoms with Gasteiger partial charge in [-0.1, -0.05) is 80.8 Å². The third-order valence-electron chi connectivity index (χ3n) is 5.11. The van der Waals surface area contributed by atoms with E-state index in [1.165, 1.54) is 0 Å². The van der Waals surface area contributed by atoms with Gasteiger partial charge in [0.15, 0.2) is 0 Å². The summed E-state index contributed by atoms with van der Waals surface area (Å²) in [4.78, 5) is 2.20. The molecule has 0 aromatic heterocycles. The fourth-order valence-electron chi connectivity index (χ4n) is 3.61. The quantitative estimate of drug-likeness (QED) is 0.360. The van der Waals surface area contributed by atoms with Crippen LogP contribution in [0.1, 0.15) is 51.3 Å². The van der Waals surface area contributed by atoms with Gasteiger partial charge < -0.3 is 5.11 Å². The van der Waals surface area contributed by atoms with Crippen LogP contribution in [0.3, 0.4) is 0 Å². The predicted molar refractivity (Wildman–Crippen MR) is 113 cm³/mol. The molecule has 3 aromatic rings. The van der Waals surface area contributed by atoms with Crippen molar-refractivity contribution in [2.45, 2.75) is 45.8 Å². The number of nitrogens with zero attached hydrogens (tertiary/aromatic N) is 1. The van der Waals surface area contributed by atoms with Crippen molar-refractivity contribution in [3.63, 3.8) is 0 Å². The summed E-state index contributed by atoms with van der Waals surface area (Å²) in [5.41, 5.74) is 0.947. The Balaban J connectivity index is 2.08. The van der Waals surface area contributed by atoms with Crippen LogP contribution in [-0.2, 0) is 0 Å². The molecule has 0 fully saturated rings. The molecule has 0 spiro atoms. The minimum atomic E-state index is -0.603. The van der Waals surface area contributed by atoms with Crippen LogP contribution in [0, 0.1) is 0 Å². The van der Waals surface area contributed by atoms with Gasteiger partial charge in [0.25, 0.3) is 0 Å². The third-order valence-corrected chi connectivity index (χ3v) is 5.42. The summed E-state index contributed by atoms with van der Waals surface area (Å²) in [5.74, 6) is 0. The standard InChI is InChI=1S/C23H28ClNO/c1-3-5-14-25(15-6-4-2)23(26)20-13-9-12-18-17-10-7-8-11-19(17)22(24)16-21(18)20/h7-13,16,23,26H,3-6,14-15H2,1-2H3. The number of rotatable bonds is 8. The van der Waals surface area contributed by atoms with Crippen molar-refractivity contribution >= 4 is 33.1 Å². The SMILES string of the molecule is CCCCN(CCCC)C(O)c1cccc2c1cc(Cl)c1ccccc12. The second kappa shape index (κ2) is 8.85. The summed E-state index contributed by atoms with van der Waals surface area (Å²) in [6.07, 6.45) is 3.83. The summed E-state index contributed by atoms with van der Waals surface area (Å²) in [7, 11) is 0. The highest BCUT2D eigenvalue weighted by molar-refractivity contribution is 6.37. The molecule has 0 aliphatic rings. The molecule has 0 saturated heterocycles. The monoisotopic (exact) mass is 369 g/mol. The Morgan fingerprint density at radius 1 is 0.846 bits per heavy atom. The molecular formula is C23H28ClNO. The molecule has 0 bridgehead atoms. The number of aliphatic hydroxyl groups is 1. The van der Waals surface area contributed by atoms with Crippen molar-refractivity contribution in [3.8, 4) is 0 Å². The molecular weight excluding hydrogens is 342 g/mol. The van der Waals surface area contributed by atoms with Crippen molar-refractivity contribution in [1.29, 1.82) is 0 Å². The lowest BCUT2D eigenvalue weighted by Crippen LogP contribution is -2.31. The summed E-state index contributed by atoms with van der Waals surface area (Å²) in [5, 5.41) is 16.3. The highest BCUT2D eigenvalue weighted by Gasteiger charge is 2.20. The Morgan fingerprint density at radius 2 is 1.42 bits per heavy atom. The van der Waals surface area contributed by atoms with Gasteiger partial charge in [-0.15, -0.1) is 0 Å². The highest BCUT2D eigenvalue weighted by Crippen LogP contribution is 2.35. The van der Waals surface area contributed by atoms with Crippen molar-refractivity contribution in [3.05, 3.63) is 59.1 Å². The average molecular weight is 370 g/mol. The molecule has 0 saturated carbocycles. The Bertz CT molecular complexity index is 869. The van der Waals surface area contributed by atoms with E-state index in [9.17, 15) is 5.11 Å². The Morgan fingerprint density at radius 3 is 2.08 bits per heavy atom. The molecule has 2 nitrogen and oxygen atoms in total. The number of fused-ring (bicyclic) bond motifs is 3. The largest absolute Gasteiger partial charge is 0.374 e. The Labute approximate surface area is 161 Å². The molecule has 1 unspecified atom stereocenters. The van der Waals surface area contributed by atoms with Gasteiger partial charge in [-0.2, -0.15) is 0 Å². The van der Waals surface area contributed by atoms with Crippen LogP contribution in [0.2, 0.25) is 5.02 Å². The first kappa shape index (κ1) is 19.2. The normalized spacial score (nSPS) is 13.0. The van der Waals surface area contributed by atoms with Gasteiger partial charge in [0.1, 0.15) is 6.23 Å². The fraction of sp³-hybridized carbons (Fsp3) is 0.391. The Kier molecular flexibility index (Phi) is 6.53. The van der Waals surface area contributed by atoms with E-state index in [4.69, 9.17) is 11.6 Å². The van der Waals surface area contributed by atoms with Crippen LogP contribution in [0.15, 0.2) is 48.5 Å². The number of halogens is 1. The van der Waals surface area contributed by atoms with Gasteiger partial charge in [0.05, 0.1) is 0 Å². The summed E-state index contributed by atoms with van der Waals surface area (Å²) < 4.78 is 0. The van der Waals surface area contributed by atoms with Crippen molar-refractivity contribution in [1.82, 2.24) is 4.90 Å². The van der Waals surface area contributed by atoms with Gasteiger partial charge in [-0.25, -0.2) is 0 Å².